The molecule has 2 fully saturated rings. The van der Waals surface area contributed by atoms with Gasteiger partial charge in [-0.05, 0) is 62.2 Å². The highest BCUT2D eigenvalue weighted by Crippen LogP contribution is 2.58. The van der Waals surface area contributed by atoms with Crippen molar-refractivity contribution in [2.24, 2.45) is 11.3 Å². The Morgan fingerprint density at radius 3 is 2.86 bits per heavy atom. The highest BCUT2D eigenvalue weighted by Gasteiger charge is 2.57. The molecule has 0 bridgehead atoms. The van der Waals surface area contributed by atoms with Gasteiger partial charge in [0.1, 0.15) is 5.82 Å². The molecule has 2 aliphatic rings. The Morgan fingerprint density at radius 1 is 1.33 bits per heavy atom. The molecule has 114 valence electrons. The Hall–Kier alpha value is -1.42. The van der Waals surface area contributed by atoms with Crippen molar-refractivity contribution in [3.8, 4) is 0 Å². The fourth-order valence-corrected chi connectivity index (χ4v) is 3.51. The second-order valence-corrected chi connectivity index (χ2v) is 6.36. The topological polar surface area (TPSA) is 41.1 Å². The minimum Gasteiger partial charge on any atom is -0.356 e. The molecule has 1 saturated carbocycles. The maximum atomic E-state index is 13.5. The third-order valence-electron chi connectivity index (χ3n) is 4.99. The molecule has 2 N–H and O–H groups in total. The Bertz CT molecular complexity index is 511. The predicted molar refractivity (Wildman–Crippen MR) is 80.4 cm³/mol. The Labute approximate surface area is 125 Å². The van der Waals surface area contributed by atoms with Crippen LogP contribution in [0.25, 0.3) is 0 Å². The number of carbonyl (C=O) groups excluding carboxylic acids is 1. The van der Waals surface area contributed by atoms with Crippen LogP contribution < -0.4 is 10.6 Å². The highest BCUT2D eigenvalue weighted by atomic mass is 19.1. The Kier molecular flexibility index (Phi) is 4.24. The lowest BCUT2D eigenvalue weighted by Gasteiger charge is -2.23. The van der Waals surface area contributed by atoms with E-state index in [-0.39, 0.29) is 17.6 Å². The third-order valence-corrected chi connectivity index (χ3v) is 4.99. The van der Waals surface area contributed by atoms with Crippen molar-refractivity contribution in [2.75, 3.05) is 19.6 Å². The number of halogens is 1. The molecule has 1 atom stereocenters. The van der Waals surface area contributed by atoms with Gasteiger partial charge in [0, 0.05) is 12.5 Å². The lowest BCUT2D eigenvalue weighted by atomic mass is 9.92. The SMILES string of the molecule is O=C(NCCCc1ccccc1F)C1CC12CCNCC2. The average molecular weight is 290 g/mol. The first-order chi connectivity index (χ1) is 10.2. The molecule has 1 amide bonds. The molecule has 1 saturated heterocycles. The predicted octanol–water partition coefficient (Wildman–Crippen LogP) is 2.26. The number of hydrogen-bond acceptors (Lipinski definition) is 2. The molecule has 1 aromatic rings. The first-order valence-electron chi connectivity index (χ1n) is 7.93. The molecule has 0 aromatic heterocycles. The largest absolute Gasteiger partial charge is 0.356 e. The molecule has 21 heavy (non-hydrogen) atoms. The smallest absolute Gasteiger partial charge is 0.223 e. The molecule has 1 heterocycles. The number of hydrogen-bond donors (Lipinski definition) is 2. The van der Waals surface area contributed by atoms with E-state index in [4.69, 9.17) is 0 Å². The fourth-order valence-electron chi connectivity index (χ4n) is 3.51. The summed E-state index contributed by atoms with van der Waals surface area (Å²) in [7, 11) is 0. The van der Waals surface area contributed by atoms with Crippen LogP contribution in [0.3, 0.4) is 0 Å². The molecule has 4 heteroatoms. The Balaban J connectivity index is 1.38. The van der Waals surface area contributed by atoms with Crippen LogP contribution in [0.15, 0.2) is 24.3 Å². The van der Waals surface area contributed by atoms with Gasteiger partial charge < -0.3 is 10.6 Å². The molecule has 1 aromatic carbocycles. The summed E-state index contributed by atoms with van der Waals surface area (Å²) in [5.41, 5.74) is 1.02. The standard InChI is InChI=1S/C17H23FN2O/c18-15-6-2-1-4-13(15)5-3-9-20-16(21)14-12-17(14)7-10-19-11-8-17/h1-2,4,6,14,19H,3,5,7-12H2,(H,20,21). The first kappa shape index (κ1) is 14.5. The molecule has 1 aliphatic carbocycles. The van der Waals surface area contributed by atoms with E-state index in [1.807, 2.05) is 12.1 Å². The normalized spacial score (nSPS) is 23.0. The van der Waals surface area contributed by atoms with Gasteiger partial charge in [-0.2, -0.15) is 0 Å². The van der Waals surface area contributed by atoms with Gasteiger partial charge in [-0.3, -0.25) is 4.79 Å². The fraction of sp³-hybridized carbons (Fsp3) is 0.588. The zero-order chi connectivity index (χ0) is 14.7. The van der Waals surface area contributed by atoms with Crippen molar-refractivity contribution < 1.29 is 9.18 Å². The van der Waals surface area contributed by atoms with Crippen molar-refractivity contribution in [3.05, 3.63) is 35.6 Å². The summed E-state index contributed by atoms with van der Waals surface area (Å²) in [6, 6.07) is 6.84. The number of aryl methyl sites for hydroxylation is 1. The van der Waals surface area contributed by atoms with Gasteiger partial charge in [0.05, 0.1) is 0 Å². The maximum Gasteiger partial charge on any atom is 0.223 e. The summed E-state index contributed by atoms with van der Waals surface area (Å²) in [5, 5.41) is 6.37. The minimum absolute atomic E-state index is 0.153. The van der Waals surface area contributed by atoms with Gasteiger partial charge in [0.15, 0.2) is 0 Å². The summed E-state index contributed by atoms with van der Waals surface area (Å²) < 4.78 is 13.5. The second-order valence-electron chi connectivity index (χ2n) is 6.36. The summed E-state index contributed by atoms with van der Waals surface area (Å²) >= 11 is 0. The van der Waals surface area contributed by atoms with Crippen molar-refractivity contribution in [3.63, 3.8) is 0 Å². The van der Waals surface area contributed by atoms with E-state index in [9.17, 15) is 9.18 Å². The van der Waals surface area contributed by atoms with Gasteiger partial charge >= 0.3 is 0 Å². The number of benzene rings is 1. The van der Waals surface area contributed by atoms with Crippen LogP contribution in [0.4, 0.5) is 4.39 Å². The van der Waals surface area contributed by atoms with Gasteiger partial charge in [0.2, 0.25) is 5.91 Å². The van der Waals surface area contributed by atoms with E-state index in [2.05, 4.69) is 10.6 Å². The summed E-state index contributed by atoms with van der Waals surface area (Å²) in [6.45, 7) is 2.71. The zero-order valence-electron chi connectivity index (χ0n) is 12.3. The van der Waals surface area contributed by atoms with Gasteiger partial charge in [-0.15, -0.1) is 0 Å². The van der Waals surface area contributed by atoms with E-state index < -0.39 is 0 Å². The van der Waals surface area contributed by atoms with Gasteiger partial charge in [-0.1, -0.05) is 18.2 Å². The average Bonchev–Trinajstić information content (AvgIpc) is 3.19. The van der Waals surface area contributed by atoms with Gasteiger partial charge in [0.25, 0.3) is 0 Å². The van der Waals surface area contributed by atoms with E-state index in [0.717, 1.165) is 44.3 Å². The van der Waals surface area contributed by atoms with E-state index in [1.54, 1.807) is 6.07 Å². The van der Waals surface area contributed by atoms with E-state index in [1.165, 1.54) is 6.07 Å². The second kappa shape index (κ2) is 6.14. The molecule has 1 unspecified atom stereocenters. The van der Waals surface area contributed by atoms with Crippen LogP contribution in [0.1, 0.15) is 31.2 Å². The molecular formula is C17H23FN2O. The van der Waals surface area contributed by atoms with Crippen molar-refractivity contribution in [1.82, 2.24) is 10.6 Å². The van der Waals surface area contributed by atoms with Crippen LogP contribution in [0.5, 0.6) is 0 Å². The minimum atomic E-state index is -0.153. The molecule has 3 nitrogen and oxygen atoms in total. The van der Waals surface area contributed by atoms with Crippen molar-refractivity contribution in [2.45, 2.75) is 32.1 Å². The molecule has 3 rings (SSSR count). The molecule has 1 aliphatic heterocycles. The third kappa shape index (κ3) is 3.26. The zero-order valence-corrected chi connectivity index (χ0v) is 12.3. The number of amides is 1. The van der Waals surface area contributed by atoms with Crippen LogP contribution >= 0.6 is 0 Å². The lowest BCUT2D eigenvalue weighted by Crippen LogP contribution is -2.34. The van der Waals surface area contributed by atoms with Crippen molar-refractivity contribution >= 4 is 5.91 Å². The van der Waals surface area contributed by atoms with Crippen LogP contribution in [0.2, 0.25) is 0 Å². The Morgan fingerprint density at radius 2 is 2.10 bits per heavy atom. The first-order valence-corrected chi connectivity index (χ1v) is 7.93. The summed E-state index contributed by atoms with van der Waals surface area (Å²) in [4.78, 5) is 12.2. The highest BCUT2D eigenvalue weighted by molar-refractivity contribution is 5.82. The lowest BCUT2D eigenvalue weighted by molar-refractivity contribution is -0.123. The van der Waals surface area contributed by atoms with Crippen molar-refractivity contribution in [1.29, 1.82) is 0 Å². The monoisotopic (exact) mass is 290 g/mol. The molecule has 1 spiro atoms. The van der Waals surface area contributed by atoms with Crippen LogP contribution in [0, 0.1) is 17.2 Å². The van der Waals surface area contributed by atoms with Crippen LogP contribution in [-0.4, -0.2) is 25.5 Å². The number of carbonyl (C=O) groups is 1. The quantitative estimate of drug-likeness (QED) is 0.817. The number of nitrogens with one attached hydrogen (secondary N) is 2. The summed E-state index contributed by atoms with van der Waals surface area (Å²) in [6.07, 6.45) is 4.76. The van der Waals surface area contributed by atoms with Gasteiger partial charge in [-0.25, -0.2) is 4.39 Å². The number of rotatable bonds is 5. The number of piperidine rings is 1. The molecule has 0 radical (unpaired) electrons. The summed E-state index contributed by atoms with van der Waals surface area (Å²) in [5.74, 6) is 0.262. The maximum absolute atomic E-state index is 13.5. The van der Waals surface area contributed by atoms with Crippen LogP contribution in [-0.2, 0) is 11.2 Å². The van der Waals surface area contributed by atoms with E-state index >= 15 is 0 Å². The van der Waals surface area contributed by atoms with E-state index in [0.29, 0.717) is 18.4 Å². The molecular weight excluding hydrogens is 267 g/mol.